The van der Waals surface area contributed by atoms with E-state index in [1.165, 1.54) is 0 Å². The van der Waals surface area contributed by atoms with E-state index in [1.807, 2.05) is 30.3 Å². The van der Waals surface area contributed by atoms with E-state index in [9.17, 15) is 0 Å². The fourth-order valence-electron chi connectivity index (χ4n) is 1.45. The molecule has 0 saturated heterocycles. The van der Waals surface area contributed by atoms with Crippen LogP contribution in [0.25, 0.3) is 0 Å². The molecular formula is C13H13ClN2O. The van der Waals surface area contributed by atoms with Gasteiger partial charge in [-0.15, -0.1) is 0 Å². The second-order valence-electron chi connectivity index (χ2n) is 3.61. The molecule has 0 aliphatic carbocycles. The molecular weight excluding hydrogens is 236 g/mol. The molecule has 0 unspecified atom stereocenters. The van der Waals surface area contributed by atoms with Gasteiger partial charge in [0.1, 0.15) is 12.4 Å². The highest BCUT2D eigenvalue weighted by Crippen LogP contribution is 2.18. The first-order chi connectivity index (χ1) is 8.28. The van der Waals surface area contributed by atoms with Crippen LogP contribution in [-0.4, -0.2) is 4.98 Å². The van der Waals surface area contributed by atoms with Crippen molar-refractivity contribution >= 4 is 11.6 Å². The minimum Gasteiger partial charge on any atom is -0.487 e. The molecule has 0 saturated carbocycles. The highest BCUT2D eigenvalue weighted by molar-refractivity contribution is 6.30. The zero-order chi connectivity index (χ0) is 12.1. The first-order valence-electron chi connectivity index (χ1n) is 5.30. The van der Waals surface area contributed by atoms with Crippen molar-refractivity contribution in [2.75, 3.05) is 0 Å². The second kappa shape index (κ2) is 5.66. The molecule has 1 heterocycles. The summed E-state index contributed by atoms with van der Waals surface area (Å²) >= 11 is 5.86. The van der Waals surface area contributed by atoms with E-state index in [0.717, 1.165) is 17.0 Å². The van der Waals surface area contributed by atoms with Crippen LogP contribution in [0.3, 0.4) is 0 Å². The molecule has 3 nitrogen and oxygen atoms in total. The summed E-state index contributed by atoms with van der Waals surface area (Å²) in [6.45, 7) is 0.918. The van der Waals surface area contributed by atoms with Gasteiger partial charge in [0.2, 0.25) is 0 Å². The van der Waals surface area contributed by atoms with Crippen LogP contribution in [0.15, 0.2) is 42.6 Å². The Labute approximate surface area is 105 Å². The van der Waals surface area contributed by atoms with Crippen molar-refractivity contribution in [3.05, 3.63) is 58.9 Å². The Morgan fingerprint density at radius 3 is 2.88 bits per heavy atom. The monoisotopic (exact) mass is 248 g/mol. The molecule has 0 fully saturated rings. The maximum atomic E-state index is 5.86. The van der Waals surface area contributed by atoms with Gasteiger partial charge in [-0.3, -0.25) is 4.98 Å². The van der Waals surface area contributed by atoms with Gasteiger partial charge >= 0.3 is 0 Å². The molecule has 2 N–H and O–H groups in total. The lowest BCUT2D eigenvalue weighted by molar-refractivity contribution is 0.301. The molecule has 0 spiro atoms. The molecule has 4 heteroatoms. The van der Waals surface area contributed by atoms with Gasteiger partial charge in [0, 0.05) is 17.8 Å². The van der Waals surface area contributed by atoms with Crippen LogP contribution in [0.1, 0.15) is 11.3 Å². The van der Waals surface area contributed by atoms with Crippen molar-refractivity contribution in [1.29, 1.82) is 0 Å². The number of hydrogen-bond donors (Lipinski definition) is 1. The average molecular weight is 249 g/mol. The Morgan fingerprint density at radius 2 is 2.12 bits per heavy atom. The number of aromatic nitrogens is 1. The predicted molar refractivity (Wildman–Crippen MR) is 67.9 cm³/mol. The molecule has 0 amide bonds. The standard InChI is InChI=1S/C13H13ClN2O/c14-11-2-1-3-13(7-11)17-9-12-6-10(8-15)4-5-16-12/h1-7H,8-9,15H2. The molecule has 17 heavy (non-hydrogen) atoms. The topological polar surface area (TPSA) is 48.1 Å². The molecule has 88 valence electrons. The molecule has 1 aromatic heterocycles. The van der Waals surface area contributed by atoms with Crippen LogP contribution in [-0.2, 0) is 13.2 Å². The van der Waals surface area contributed by atoms with Crippen LogP contribution in [0.5, 0.6) is 5.75 Å². The van der Waals surface area contributed by atoms with E-state index in [4.69, 9.17) is 22.1 Å². The predicted octanol–water partition coefficient (Wildman–Crippen LogP) is 2.77. The van der Waals surface area contributed by atoms with Crippen molar-refractivity contribution in [1.82, 2.24) is 4.98 Å². The molecule has 2 rings (SSSR count). The number of hydrogen-bond acceptors (Lipinski definition) is 3. The molecule has 0 atom stereocenters. The number of rotatable bonds is 4. The third kappa shape index (κ3) is 3.44. The van der Waals surface area contributed by atoms with Gasteiger partial charge in [0.15, 0.2) is 0 Å². The van der Waals surface area contributed by atoms with Gasteiger partial charge in [-0.2, -0.15) is 0 Å². The van der Waals surface area contributed by atoms with E-state index in [-0.39, 0.29) is 0 Å². The summed E-state index contributed by atoms with van der Waals surface area (Å²) in [5, 5.41) is 0.658. The van der Waals surface area contributed by atoms with Gasteiger partial charge in [0.05, 0.1) is 5.69 Å². The lowest BCUT2D eigenvalue weighted by Crippen LogP contribution is -2.02. The van der Waals surface area contributed by atoms with Crippen molar-refractivity contribution in [3.8, 4) is 5.75 Å². The Morgan fingerprint density at radius 1 is 1.24 bits per heavy atom. The molecule has 0 radical (unpaired) electrons. The maximum Gasteiger partial charge on any atom is 0.130 e. The number of benzene rings is 1. The first kappa shape index (κ1) is 11.9. The van der Waals surface area contributed by atoms with Gasteiger partial charge in [-0.1, -0.05) is 17.7 Å². The Bertz CT molecular complexity index is 502. The summed E-state index contributed by atoms with van der Waals surface area (Å²) in [6.07, 6.45) is 1.73. The average Bonchev–Trinajstić information content (AvgIpc) is 2.37. The molecule has 0 aliphatic rings. The van der Waals surface area contributed by atoms with Crippen molar-refractivity contribution in [3.63, 3.8) is 0 Å². The van der Waals surface area contributed by atoms with Crippen LogP contribution in [0.4, 0.5) is 0 Å². The molecule has 0 aliphatic heterocycles. The zero-order valence-corrected chi connectivity index (χ0v) is 10.0. The Hall–Kier alpha value is -1.58. The van der Waals surface area contributed by atoms with E-state index in [1.54, 1.807) is 12.3 Å². The van der Waals surface area contributed by atoms with E-state index >= 15 is 0 Å². The van der Waals surface area contributed by atoms with Crippen molar-refractivity contribution < 1.29 is 4.74 Å². The molecule has 1 aromatic carbocycles. The minimum absolute atomic E-state index is 0.411. The summed E-state index contributed by atoms with van der Waals surface area (Å²) in [7, 11) is 0. The summed E-state index contributed by atoms with van der Waals surface area (Å²) in [5.41, 5.74) is 7.46. The van der Waals surface area contributed by atoms with Gasteiger partial charge in [0.25, 0.3) is 0 Å². The van der Waals surface area contributed by atoms with Crippen molar-refractivity contribution in [2.24, 2.45) is 5.73 Å². The van der Waals surface area contributed by atoms with Gasteiger partial charge in [-0.25, -0.2) is 0 Å². The number of ether oxygens (including phenoxy) is 1. The number of nitrogens with two attached hydrogens (primary N) is 1. The second-order valence-corrected chi connectivity index (χ2v) is 4.04. The first-order valence-corrected chi connectivity index (χ1v) is 5.68. The lowest BCUT2D eigenvalue weighted by atomic mass is 10.2. The maximum absolute atomic E-state index is 5.86. The Balaban J connectivity index is 2.02. The molecule has 0 bridgehead atoms. The lowest BCUT2D eigenvalue weighted by Gasteiger charge is -2.06. The largest absolute Gasteiger partial charge is 0.487 e. The summed E-state index contributed by atoms with van der Waals surface area (Å²) in [5.74, 6) is 0.734. The number of halogens is 1. The van der Waals surface area contributed by atoms with E-state index in [0.29, 0.717) is 18.2 Å². The van der Waals surface area contributed by atoms with E-state index in [2.05, 4.69) is 4.98 Å². The number of pyridine rings is 1. The van der Waals surface area contributed by atoms with Crippen LogP contribution >= 0.6 is 11.6 Å². The quantitative estimate of drug-likeness (QED) is 0.905. The van der Waals surface area contributed by atoms with Crippen LogP contribution in [0.2, 0.25) is 5.02 Å². The SMILES string of the molecule is NCc1ccnc(COc2cccc(Cl)c2)c1. The summed E-state index contributed by atoms with van der Waals surface area (Å²) in [6, 6.07) is 11.1. The number of nitrogens with zero attached hydrogens (tertiary/aromatic N) is 1. The summed E-state index contributed by atoms with van der Waals surface area (Å²) < 4.78 is 5.58. The fourth-order valence-corrected chi connectivity index (χ4v) is 1.63. The summed E-state index contributed by atoms with van der Waals surface area (Å²) in [4.78, 5) is 4.21. The normalized spacial score (nSPS) is 10.2. The van der Waals surface area contributed by atoms with E-state index < -0.39 is 0 Å². The third-order valence-corrected chi connectivity index (χ3v) is 2.53. The highest BCUT2D eigenvalue weighted by atomic mass is 35.5. The highest BCUT2D eigenvalue weighted by Gasteiger charge is 1.99. The smallest absolute Gasteiger partial charge is 0.130 e. The third-order valence-electron chi connectivity index (χ3n) is 2.30. The fraction of sp³-hybridized carbons (Fsp3) is 0.154. The Kier molecular flexibility index (Phi) is 3.96. The molecule has 2 aromatic rings. The van der Waals surface area contributed by atoms with Gasteiger partial charge in [-0.05, 0) is 35.9 Å². The van der Waals surface area contributed by atoms with Gasteiger partial charge < -0.3 is 10.5 Å². The van der Waals surface area contributed by atoms with Crippen molar-refractivity contribution in [2.45, 2.75) is 13.2 Å². The minimum atomic E-state index is 0.411. The van der Waals surface area contributed by atoms with Crippen LogP contribution < -0.4 is 10.5 Å². The van der Waals surface area contributed by atoms with Crippen LogP contribution in [0, 0.1) is 0 Å². The zero-order valence-electron chi connectivity index (χ0n) is 9.27.